The Bertz CT molecular complexity index is 785. The van der Waals surface area contributed by atoms with Gasteiger partial charge in [-0.1, -0.05) is 20.8 Å². The minimum atomic E-state index is 0.231. The van der Waals surface area contributed by atoms with Gasteiger partial charge in [-0.2, -0.15) is 0 Å². The minimum absolute atomic E-state index is 0.231. The van der Waals surface area contributed by atoms with E-state index in [9.17, 15) is 4.79 Å². The van der Waals surface area contributed by atoms with Gasteiger partial charge in [-0.05, 0) is 42.2 Å². The third-order valence-electron chi connectivity index (χ3n) is 5.53. The Morgan fingerprint density at radius 3 is 2.96 bits per heavy atom. The van der Waals surface area contributed by atoms with Gasteiger partial charge in [-0.3, -0.25) is 9.78 Å². The van der Waals surface area contributed by atoms with Crippen LogP contribution in [0.4, 0.5) is 0 Å². The zero-order valence-electron chi connectivity index (χ0n) is 15.2. The van der Waals surface area contributed by atoms with Crippen molar-refractivity contribution >= 4 is 17.2 Å². The summed E-state index contributed by atoms with van der Waals surface area (Å²) in [5, 5.41) is 2.94. The van der Waals surface area contributed by atoms with Crippen LogP contribution in [0.1, 0.15) is 45.7 Å². The summed E-state index contributed by atoms with van der Waals surface area (Å²) in [5.41, 5.74) is 2.50. The maximum atomic E-state index is 12.9. The highest BCUT2D eigenvalue weighted by atomic mass is 32.1. The monoisotopic (exact) mass is 355 g/mol. The first-order valence-corrected chi connectivity index (χ1v) is 9.86. The van der Waals surface area contributed by atoms with Crippen LogP contribution in [-0.2, 0) is 11.2 Å². The number of thiazole rings is 1. The molecule has 2 aromatic rings. The summed E-state index contributed by atoms with van der Waals surface area (Å²) in [6.07, 6.45) is 7.46. The van der Waals surface area contributed by atoms with E-state index in [0.29, 0.717) is 17.9 Å². The van der Waals surface area contributed by atoms with E-state index in [2.05, 4.69) is 35.6 Å². The Morgan fingerprint density at radius 1 is 1.36 bits per heavy atom. The lowest BCUT2D eigenvalue weighted by atomic mass is 9.65. The number of amides is 1. The summed E-state index contributed by atoms with van der Waals surface area (Å²) in [6.45, 7) is 7.93. The molecule has 0 N–H and O–H groups in total. The van der Waals surface area contributed by atoms with Crippen molar-refractivity contribution in [2.45, 2.75) is 52.5 Å². The van der Waals surface area contributed by atoms with Crippen molar-refractivity contribution in [2.24, 2.45) is 10.8 Å². The van der Waals surface area contributed by atoms with Gasteiger partial charge in [0, 0.05) is 35.9 Å². The number of fused-ring (bicyclic) bond motifs is 2. The van der Waals surface area contributed by atoms with Gasteiger partial charge in [0.25, 0.3) is 0 Å². The van der Waals surface area contributed by atoms with E-state index in [1.165, 1.54) is 6.42 Å². The molecule has 2 unspecified atom stereocenters. The standard InChI is InChI=1S/C20H25N3OS/c1-19(2)8-16-9-20(3,12-19)13-23(16)17(24)7-15-11-25-18(22-15)14-5-4-6-21-10-14/h4-6,10-11,16H,7-9,12-13H2,1-3H3. The number of hydrogen-bond donors (Lipinski definition) is 0. The SMILES string of the molecule is CC1(C)CC2CC(C)(CN2C(=O)Cc2csc(-c3cccnc3)n2)C1. The van der Waals surface area contributed by atoms with E-state index in [0.717, 1.165) is 35.7 Å². The van der Waals surface area contributed by atoms with Crippen LogP contribution >= 0.6 is 11.3 Å². The molecule has 4 rings (SSSR count). The van der Waals surface area contributed by atoms with Crippen molar-refractivity contribution in [3.63, 3.8) is 0 Å². The second-order valence-electron chi connectivity index (χ2n) is 8.80. The maximum absolute atomic E-state index is 12.9. The van der Waals surface area contributed by atoms with Crippen LogP contribution in [0.25, 0.3) is 10.6 Å². The molecule has 1 saturated carbocycles. The fourth-order valence-electron chi connectivity index (χ4n) is 5.02. The van der Waals surface area contributed by atoms with Crippen molar-refractivity contribution in [2.75, 3.05) is 6.54 Å². The first-order valence-electron chi connectivity index (χ1n) is 8.98. The van der Waals surface area contributed by atoms with E-state index >= 15 is 0 Å². The number of nitrogens with zero attached hydrogens (tertiary/aromatic N) is 3. The summed E-state index contributed by atoms with van der Waals surface area (Å²) >= 11 is 1.58. The molecule has 2 aromatic heterocycles. The number of rotatable bonds is 3. The predicted octanol–water partition coefficient (Wildman–Crippen LogP) is 4.17. The van der Waals surface area contributed by atoms with Crippen LogP contribution in [-0.4, -0.2) is 33.4 Å². The molecule has 0 spiro atoms. The van der Waals surface area contributed by atoms with Crippen molar-refractivity contribution in [1.29, 1.82) is 0 Å². The van der Waals surface area contributed by atoms with E-state index < -0.39 is 0 Å². The summed E-state index contributed by atoms with van der Waals surface area (Å²) in [5.74, 6) is 0.231. The van der Waals surface area contributed by atoms with Crippen LogP contribution in [0.15, 0.2) is 29.9 Å². The predicted molar refractivity (Wildman–Crippen MR) is 100 cm³/mol. The van der Waals surface area contributed by atoms with Gasteiger partial charge >= 0.3 is 0 Å². The lowest BCUT2D eigenvalue weighted by Gasteiger charge is -2.39. The number of aromatic nitrogens is 2. The molecular formula is C20H25N3OS. The normalized spacial score (nSPS) is 27.5. The first kappa shape index (κ1) is 16.7. The highest BCUT2D eigenvalue weighted by molar-refractivity contribution is 7.13. The summed E-state index contributed by atoms with van der Waals surface area (Å²) in [7, 11) is 0. The molecule has 5 heteroatoms. The maximum Gasteiger partial charge on any atom is 0.228 e. The molecule has 0 aromatic carbocycles. The van der Waals surface area contributed by atoms with Gasteiger partial charge in [0.05, 0.1) is 12.1 Å². The molecule has 1 saturated heterocycles. The quantitative estimate of drug-likeness (QED) is 0.830. The van der Waals surface area contributed by atoms with Gasteiger partial charge < -0.3 is 4.90 Å². The van der Waals surface area contributed by atoms with Crippen LogP contribution in [0.2, 0.25) is 0 Å². The van der Waals surface area contributed by atoms with Gasteiger partial charge in [0.1, 0.15) is 5.01 Å². The Hall–Kier alpha value is -1.75. The van der Waals surface area contributed by atoms with Crippen LogP contribution in [0, 0.1) is 10.8 Å². The number of carbonyl (C=O) groups excluding carboxylic acids is 1. The number of likely N-dealkylation sites (tertiary alicyclic amines) is 1. The molecule has 2 aliphatic rings. The van der Waals surface area contributed by atoms with Crippen molar-refractivity contribution in [3.05, 3.63) is 35.6 Å². The lowest BCUT2D eigenvalue weighted by molar-refractivity contribution is -0.131. The highest BCUT2D eigenvalue weighted by Crippen LogP contribution is 2.52. The minimum Gasteiger partial charge on any atom is -0.339 e. The molecular weight excluding hydrogens is 330 g/mol. The topological polar surface area (TPSA) is 46.1 Å². The van der Waals surface area contributed by atoms with E-state index in [1.54, 1.807) is 17.5 Å². The third-order valence-corrected chi connectivity index (χ3v) is 6.47. The van der Waals surface area contributed by atoms with Gasteiger partial charge in [-0.25, -0.2) is 4.98 Å². The number of hydrogen-bond acceptors (Lipinski definition) is 4. The Balaban J connectivity index is 1.47. The molecule has 2 atom stereocenters. The third kappa shape index (κ3) is 3.34. The molecule has 1 amide bonds. The van der Waals surface area contributed by atoms with Crippen molar-refractivity contribution < 1.29 is 4.79 Å². The Morgan fingerprint density at radius 2 is 2.20 bits per heavy atom. The van der Waals surface area contributed by atoms with Crippen molar-refractivity contribution in [3.8, 4) is 10.6 Å². The zero-order valence-corrected chi connectivity index (χ0v) is 16.0. The lowest BCUT2D eigenvalue weighted by Crippen LogP contribution is -2.38. The largest absolute Gasteiger partial charge is 0.339 e. The summed E-state index contributed by atoms with van der Waals surface area (Å²) in [6, 6.07) is 4.32. The van der Waals surface area contributed by atoms with Crippen molar-refractivity contribution in [1.82, 2.24) is 14.9 Å². The molecule has 3 heterocycles. The fraction of sp³-hybridized carbons (Fsp3) is 0.550. The number of pyridine rings is 1. The molecule has 2 fully saturated rings. The smallest absolute Gasteiger partial charge is 0.228 e. The van der Waals surface area contributed by atoms with Crippen LogP contribution in [0.3, 0.4) is 0 Å². The van der Waals surface area contributed by atoms with E-state index in [4.69, 9.17) is 0 Å². The fourth-order valence-corrected chi connectivity index (χ4v) is 5.83. The van der Waals surface area contributed by atoms with E-state index in [-0.39, 0.29) is 11.3 Å². The second-order valence-corrected chi connectivity index (χ2v) is 9.66. The molecule has 0 radical (unpaired) electrons. The second kappa shape index (κ2) is 5.90. The summed E-state index contributed by atoms with van der Waals surface area (Å²) < 4.78 is 0. The van der Waals surface area contributed by atoms with Gasteiger partial charge in [0.2, 0.25) is 5.91 Å². The van der Waals surface area contributed by atoms with Crippen LogP contribution in [0.5, 0.6) is 0 Å². The first-order chi connectivity index (χ1) is 11.8. The van der Waals surface area contributed by atoms with Gasteiger partial charge in [-0.15, -0.1) is 11.3 Å². The highest BCUT2D eigenvalue weighted by Gasteiger charge is 2.50. The molecule has 25 heavy (non-hydrogen) atoms. The Kier molecular flexibility index (Phi) is 3.95. The van der Waals surface area contributed by atoms with E-state index in [1.807, 2.05) is 23.7 Å². The zero-order chi connectivity index (χ0) is 17.7. The Labute approximate surface area is 153 Å². The molecule has 4 nitrogen and oxygen atoms in total. The molecule has 2 bridgehead atoms. The molecule has 132 valence electrons. The average Bonchev–Trinajstić information content (AvgIpc) is 3.09. The summed E-state index contributed by atoms with van der Waals surface area (Å²) in [4.78, 5) is 23.9. The molecule has 1 aliphatic carbocycles. The number of carbonyl (C=O) groups is 1. The van der Waals surface area contributed by atoms with Crippen LogP contribution < -0.4 is 0 Å². The van der Waals surface area contributed by atoms with Gasteiger partial charge in [0.15, 0.2) is 0 Å². The average molecular weight is 356 g/mol. The molecule has 1 aliphatic heterocycles.